The van der Waals surface area contributed by atoms with Crippen LogP contribution >= 0.6 is 0 Å². The highest BCUT2D eigenvalue weighted by Gasteiger charge is 2.58. The second kappa shape index (κ2) is 8.65. The van der Waals surface area contributed by atoms with Crippen molar-refractivity contribution in [2.24, 2.45) is 5.92 Å². The lowest BCUT2D eigenvalue weighted by molar-refractivity contribution is -0.144. The maximum atomic E-state index is 11.6. The minimum atomic E-state index is -0.493. The van der Waals surface area contributed by atoms with Gasteiger partial charge in [-0.2, -0.15) is 0 Å². The van der Waals surface area contributed by atoms with Gasteiger partial charge < -0.3 is 19.6 Å². The molecule has 0 aromatic rings. The van der Waals surface area contributed by atoms with Crippen molar-refractivity contribution in [1.29, 1.82) is 0 Å². The third-order valence-electron chi connectivity index (χ3n) is 4.68. The lowest BCUT2D eigenvalue weighted by Gasteiger charge is -2.26. The molecule has 7 nitrogen and oxygen atoms in total. The van der Waals surface area contributed by atoms with Crippen LogP contribution in [0.2, 0.25) is 0 Å². The summed E-state index contributed by atoms with van der Waals surface area (Å²) in [6.45, 7) is 8.16. The van der Waals surface area contributed by atoms with Gasteiger partial charge >= 0.3 is 12.1 Å². The minimum absolute atomic E-state index is 0.119. The fraction of sp³-hybridized carbons (Fsp3) is 0.833. The zero-order valence-electron chi connectivity index (χ0n) is 16.3. The van der Waals surface area contributed by atoms with E-state index in [1.54, 1.807) is 0 Å². The number of esters is 1. The maximum absolute atomic E-state index is 11.6. The van der Waals surface area contributed by atoms with Gasteiger partial charge in [0, 0.05) is 6.54 Å². The van der Waals surface area contributed by atoms with Crippen molar-refractivity contribution >= 4 is 18.3 Å². The van der Waals surface area contributed by atoms with Gasteiger partial charge in [-0.25, -0.2) is 4.79 Å². The van der Waals surface area contributed by atoms with Gasteiger partial charge in [-0.15, -0.1) is 0 Å². The minimum Gasteiger partial charge on any atom is -0.468 e. The summed E-state index contributed by atoms with van der Waals surface area (Å²) in [5.74, 6) is 0.354. The SMILES string of the molecule is CC(C)(C)OC(=O)N1CCC[C@H]1C=O.CC[C@@H]1C[C@]1(NC)C(=O)OC. The van der Waals surface area contributed by atoms with Crippen molar-refractivity contribution in [2.75, 3.05) is 20.7 Å². The smallest absolute Gasteiger partial charge is 0.410 e. The number of nitrogens with zero attached hydrogens (tertiary/aromatic N) is 1. The van der Waals surface area contributed by atoms with Gasteiger partial charge in [0.05, 0.1) is 13.2 Å². The predicted octanol–water partition coefficient (Wildman–Crippen LogP) is 2.13. The van der Waals surface area contributed by atoms with Crippen LogP contribution in [0.15, 0.2) is 0 Å². The van der Waals surface area contributed by atoms with E-state index < -0.39 is 5.60 Å². The van der Waals surface area contributed by atoms with Crippen molar-refractivity contribution in [2.45, 2.75) is 70.6 Å². The molecule has 7 heteroatoms. The van der Waals surface area contributed by atoms with Crippen LogP contribution in [0.1, 0.15) is 53.4 Å². The number of hydrogen-bond donors (Lipinski definition) is 1. The number of ether oxygens (including phenoxy) is 2. The van der Waals surface area contributed by atoms with Crippen molar-refractivity contribution in [1.82, 2.24) is 10.2 Å². The molecule has 25 heavy (non-hydrogen) atoms. The Balaban J connectivity index is 0.000000257. The van der Waals surface area contributed by atoms with E-state index in [4.69, 9.17) is 9.47 Å². The van der Waals surface area contributed by atoms with E-state index in [2.05, 4.69) is 12.2 Å². The van der Waals surface area contributed by atoms with Crippen LogP contribution in [-0.2, 0) is 19.1 Å². The molecular weight excluding hydrogens is 324 g/mol. The molecule has 0 bridgehead atoms. The molecule has 144 valence electrons. The number of likely N-dealkylation sites (N-methyl/N-ethyl adjacent to an activating group) is 1. The van der Waals surface area contributed by atoms with Crippen molar-refractivity contribution in [3.63, 3.8) is 0 Å². The number of nitrogens with one attached hydrogen (secondary N) is 1. The second-order valence-electron chi connectivity index (χ2n) is 7.54. The summed E-state index contributed by atoms with van der Waals surface area (Å²) in [6, 6.07) is -0.287. The standard InChI is InChI=1S/C10H17NO3.C8H15NO2/c1-10(2,3)14-9(13)11-6-4-5-8(11)7-12;1-4-6-5-8(6,9-2)7(10)11-3/h7-8H,4-6H2,1-3H3;6,9H,4-5H2,1-3H3/t8-;6-,8-/m01/s1. The molecule has 0 aromatic carbocycles. The molecule has 1 heterocycles. The van der Waals surface area contributed by atoms with Crippen LogP contribution in [0.25, 0.3) is 0 Å². The van der Waals surface area contributed by atoms with E-state index in [-0.39, 0.29) is 23.6 Å². The topological polar surface area (TPSA) is 84.9 Å². The number of aldehydes is 1. The Morgan fingerprint density at radius 3 is 2.40 bits per heavy atom. The second-order valence-corrected chi connectivity index (χ2v) is 7.54. The maximum Gasteiger partial charge on any atom is 0.410 e. The Morgan fingerprint density at radius 1 is 1.36 bits per heavy atom. The monoisotopic (exact) mass is 356 g/mol. The summed E-state index contributed by atoms with van der Waals surface area (Å²) in [5.41, 5.74) is -0.837. The molecule has 1 saturated heterocycles. The first-order chi connectivity index (χ1) is 11.6. The zero-order valence-corrected chi connectivity index (χ0v) is 16.3. The first-order valence-corrected chi connectivity index (χ1v) is 8.87. The quantitative estimate of drug-likeness (QED) is 0.613. The molecule has 2 rings (SSSR count). The summed E-state index contributed by atoms with van der Waals surface area (Å²) in [6.07, 6.45) is 4.03. The molecule has 1 N–H and O–H groups in total. The number of rotatable bonds is 4. The molecule has 3 atom stereocenters. The molecule has 1 aliphatic carbocycles. The van der Waals surface area contributed by atoms with Gasteiger partial charge in [-0.05, 0) is 53.0 Å². The fourth-order valence-corrected chi connectivity index (χ4v) is 3.14. The summed E-state index contributed by atoms with van der Waals surface area (Å²) < 4.78 is 9.88. The molecule has 0 radical (unpaired) electrons. The van der Waals surface area contributed by atoms with E-state index in [0.29, 0.717) is 12.5 Å². The van der Waals surface area contributed by atoms with E-state index in [1.807, 2.05) is 27.8 Å². The van der Waals surface area contributed by atoms with Gasteiger partial charge in [0.2, 0.25) is 0 Å². The van der Waals surface area contributed by atoms with Crippen LogP contribution < -0.4 is 5.32 Å². The van der Waals surface area contributed by atoms with Gasteiger partial charge in [-0.3, -0.25) is 9.69 Å². The van der Waals surface area contributed by atoms with Gasteiger partial charge in [0.15, 0.2) is 0 Å². The lowest BCUT2D eigenvalue weighted by atomic mass is 10.2. The lowest BCUT2D eigenvalue weighted by Crippen LogP contribution is -2.40. The summed E-state index contributed by atoms with van der Waals surface area (Å²) in [5, 5.41) is 3.03. The zero-order chi connectivity index (χ0) is 19.3. The Bertz CT molecular complexity index is 488. The molecule has 1 saturated carbocycles. The van der Waals surface area contributed by atoms with Crippen LogP contribution in [0.5, 0.6) is 0 Å². The first-order valence-electron chi connectivity index (χ1n) is 8.87. The van der Waals surface area contributed by atoms with Gasteiger partial charge in [0.1, 0.15) is 17.4 Å². The molecular formula is C18H32N2O5. The third-order valence-corrected chi connectivity index (χ3v) is 4.68. The van der Waals surface area contributed by atoms with E-state index in [0.717, 1.165) is 32.0 Å². The number of amides is 1. The first kappa shape index (κ1) is 21.4. The highest BCUT2D eigenvalue weighted by atomic mass is 16.6. The van der Waals surface area contributed by atoms with Gasteiger partial charge in [-0.1, -0.05) is 13.3 Å². The molecule has 1 aliphatic heterocycles. The van der Waals surface area contributed by atoms with Crippen LogP contribution in [0.4, 0.5) is 4.79 Å². The Morgan fingerprint density at radius 2 is 2.00 bits per heavy atom. The highest BCUT2D eigenvalue weighted by molar-refractivity contribution is 5.85. The van der Waals surface area contributed by atoms with Gasteiger partial charge in [0.25, 0.3) is 0 Å². The van der Waals surface area contributed by atoms with E-state index in [1.165, 1.54) is 12.0 Å². The van der Waals surface area contributed by atoms with E-state index >= 15 is 0 Å². The van der Waals surface area contributed by atoms with Crippen LogP contribution in [-0.4, -0.2) is 61.1 Å². The number of carbonyl (C=O) groups is 3. The molecule has 0 unspecified atom stereocenters. The number of methoxy groups -OCH3 is 1. The summed E-state index contributed by atoms with van der Waals surface area (Å²) >= 11 is 0. The molecule has 2 fully saturated rings. The van der Waals surface area contributed by atoms with E-state index in [9.17, 15) is 14.4 Å². The predicted molar refractivity (Wildman–Crippen MR) is 94.2 cm³/mol. The molecule has 1 amide bonds. The largest absolute Gasteiger partial charge is 0.468 e. The van der Waals surface area contributed by atoms with Crippen LogP contribution in [0, 0.1) is 5.92 Å². The Kier molecular flexibility index (Phi) is 7.41. The average molecular weight is 356 g/mol. The Hall–Kier alpha value is -1.63. The van der Waals surface area contributed by atoms with Crippen LogP contribution in [0.3, 0.4) is 0 Å². The van der Waals surface area contributed by atoms with Crippen molar-refractivity contribution < 1.29 is 23.9 Å². The normalized spacial score (nSPS) is 27.8. The molecule has 2 aliphatic rings. The fourth-order valence-electron chi connectivity index (χ4n) is 3.14. The third kappa shape index (κ3) is 5.42. The average Bonchev–Trinajstić information content (AvgIpc) is 3.09. The van der Waals surface area contributed by atoms with Crippen molar-refractivity contribution in [3.05, 3.63) is 0 Å². The number of carbonyl (C=O) groups excluding carboxylic acids is 3. The molecule has 0 spiro atoms. The summed E-state index contributed by atoms with van der Waals surface area (Å²) in [7, 11) is 3.25. The number of likely N-dealkylation sites (tertiary alicyclic amines) is 1. The number of hydrogen-bond acceptors (Lipinski definition) is 6. The van der Waals surface area contributed by atoms with Crippen molar-refractivity contribution in [3.8, 4) is 0 Å². The molecule has 0 aromatic heterocycles. The Labute approximate surface area is 150 Å². The highest BCUT2D eigenvalue weighted by Crippen LogP contribution is 2.46. The summed E-state index contributed by atoms with van der Waals surface area (Å²) in [4.78, 5) is 34.9.